The van der Waals surface area contributed by atoms with Crippen molar-refractivity contribution >= 4 is 32.5 Å². The van der Waals surface area contributed by atoms with Crippen molar-refractivity contribution in [1.82, 2.24) is 9.29 Å². The molecule has 2 aromatic rings. The highest BCUT2D eigenvalue weighted by atomic mass is 32.3. The van der Waals surface area contributed by atoms with Crippen molar-refractivity contribution in [3.05, 3.63) is 47.8 Å². The van der Waals surface area contributed by atoms with E-state index < -0.39 is 38.2 Å². The van der Waals surface area contributed by atoms with Crippen LogP contribution in [0.2, 0.25) is 0 Å². The molecule has 0 atom stereocenters. The Hall–Kier alpha value is -2.78. The van der Waals surface area contributed by atoms with Gasteiger partial charge in [-0.3, -0.25) is 8.98 Å². The number of nitrogens with zero attached hydrogens (tertiary/aromatic N) is 1. The molecule has 1 amide bonds. The Bertz CT molecular complexity index is 1140. The summed E-state index contributed by atoms with van der Waals surface area (Å²) in [5, 5.41) is 16.9. The minimum atomic E-state index is -4.30. The first-order valence-corrected chi connectivity index (χ1v) is 11.1. The van der Waals surface area contributed by atoms with Gasteiger partial charge in [0.2, 0.25) is 0 Å². The van der Waals surface area contributed by atoms with Crippen molar-refractivity contribution in [1.29, 1.82) is 0 Å². The van der Waals surface area contributed by atoms with E-state index in [1.807, 2.05) is 0 Å². The minimum absolute atomic E-state index is 0.111. The average Bonchev–Trinajstić information content (AvgIpc) is 3.13. The standard InChI is InChI=1S/C16H19N3O9S2/c1-27-30(25,26)28-10-2-8-18-15(20)12-5-3-11(4-6-12)13-7-9-19(29(17,23)24)14(13)16(21)22/h3-7,9H,2,8,10H2,1H3,(H,18,20)(H,21,22)(H2,17,23,24). The van der Waals surface area contributed by atoms with Gasteiger partial charge in [-0.05, 0) is 30.2 Å². The van der Waals surface area contributed by atoms with Crippen molar-refractivity contribution in [2.24, 2.45) is 5.14 Å². The van der Waals surface area contributed by atoms with E-state index in [1.165, 1.54) is 30.3 Å². The van der Waals surface area contributed by atoms with E-state index in [9.17, 15) is 31.5 Å². The van der Waals surface area contributed by atoms with Gasteiger partial charge in [-0.25, -0.2) is 18.1 Å². The summed E-state index contributed by atoms with van der Waals surface area (Å²) in [5.41, 5.74) is 0.206. The van der Waals surface area contributed by atoms with Gasteiger partial charge in [-0.15, -0.1) is 0 Å². The van der Waals surface area contributed by atoms with Gasteiger partial charge in [0.1, 0.15) is 0 Å². The van der Waals surface area contributed by atoms with Crippen molar-refractivity contribution in [3.8, 4) is 11.1 Å². The number of carboxylic acids is 1. The van der Waals surface area contributed by atoms with Crippen LogP contribution in [0.25, 0.3) is 11.1 Å². The summed E-state index contributed by atoms with van der Waals surface area (Å²) in [6.45, 7) is -0.0331. The second kappa shape index (κ2) is 9.36. The van der Waals surface area contributed by atoms with Gasteiger partial charge in [-0.1, -0.05) is 12.1 Å². The van der Waals surface area contributed by atoms with Crippen LogP contribution in [-0.2, 0) is 29.0 Å². The van der Waals surface area contributed by atoms with Crippen LogP contribution in [0, 0.1) is 0 Å². The quantitative estimate of drug-likeness (QED) is 0.407. The van der Waals surface area contributed by atoms with Gasteiger partial charge < -0.3 is 10.4 Å². The van der Waals surface area contributed by atoms with E-state index >= 15 is 0 Å². The molecule has 30 heavy (non-hydrogen) atoms. The van der Waals surface area contributed by atoms with Crippen LogP contribution >= 0.6 is 0 Å². The Morgan fingerprint density at radius 2 is 1.77 bits per heavy atom. The molecule has 1 heterocycles. The van der Waals surface area contributed by atoms with Crippen LogP contribution in [0.5, 0.6) is 0 Å². The molecule has 0 fully saturated rings. The smallest absolute Gasteiger partial charge is 0.399 e. The molecule has 14 heteroatoms. The molecule has 0 radical (unpaired) electrons. The second-order valence-corrected chi connectivity index (χ2v) is 8.62. The highest BCUT2D eigenvalue weighted by molar-refractivity contribution is 7.87. The summed E-state index contributed by atoms with van der Waals surface area (Å²) in [6, 6.07) is 7.06. The first-order valence-electron chi connectivity index (χ1n) is 8.28. The number of hydrogen-bond acceptors (Lipinski definition) is 8. The number of carbonyl (C=O) groups is 2. The Balaban J connectivity index is 2.06. The average molecular weight is 461 g/mol. The molecule has 0 unspecified atom stereocenters. The van der Waals surface area contributed by atoms with Crippen LogP contribution < -0.4 is 10.5 Å². The fourth-order valence-corrected chi connectivity index (χ4v) is 3.53. The molecule has 0 aliphatic heterocycles. The maximum Gasteiger partial charge on any atom is 0.399 e. The van der Waals surface area contributed by atoms with E-state index in [2.05, 4.69) is 13.7 Å². The zero-order valence-corrected chi connectivity index (χ0v) is 17.3. The summed E-state index contributed by atoms with van der Waals surface area (Å²) in [4.78, 5) is 23.6. The first-order chi connectivity index (χ1) is 14.0. The molecule has 0 aliphatic rings. The lowest BCUT2D eigenvalue weighted by Crippen LogP contribution is -2.25. The highest BCUT2D eigenvalue weighted by Gasteiger charge is 2.23. The van der Waals surface area contributed by atoms with Crippen molar-refractivity contribution in [2.45, 2.75) is 6.42 Å². The number of rotatable bonds is 10. The number of aromatic nitrogens is 1. The molecule has 0 aliphatic carbocycles. The zero-order valence-electron chi connectivity index (χ0n) is 15.6. The number of nitrogens with two attached hydrogens (primary N) is 1. The lowest BCUT2D eigenvalue weighted by atomic mass is 10.0. The molecule has 0 saturated carbocycles. The first kappa shape index (κ1) is 23.5. The van der Waals surface area contributed by atoms with Crippen LogP contribution in [0.1, 0.15) is 27.3 Å². The van der Waals surface area contributed by atoms with E-state index in [-0.39, 0.29) is 30.7 Å². The summed E-state index contributed by atoms with van der Waals surface area (Å²) in [5.74, 6) is -1.93. The normalized spacial score (nSPS) is 11.9. The van der Waals surface area contributed by atoms with Crippen LogP contribution in [-0.4, -0.2) is 58.1 Å². The van der Waals surface area contributed by atoms with Crippen LogP contribution in [0.3, 0.4) is 0 Å². The third-order valence-electron chi connectivity index (χ3n) is 3.83. The molecule has 0 spiro atoms. The number of nitrogens with one attached hydrogen (secondary N) is 1. The molecular formula is C16H19N3O9S2. The predicted molar refractivity (Wildman–Crippen MR) is 104 cm³/mol. The van der Waals surface area contributed by atoms with Crippen molar-refractivity contribution < 1.29 is 39.9 Å². The van der Waals surface area contributed by atoms with Crippen molar-refractivity contribution in [3.63, 3.8) is 0 Å². The molecular weight excluding hydrogens is 442 g/mol. The van der Waals surface area contributed by atoms with Gasteiger partial charge >= 0.3 is 26.6 Å². The summed E-state index contributed by atoms with van der Waals surface area (Å²) in [7, 11) is -7.36. The lowest BCUT2D eigenvalue weighted by molar-refractivity contribution is 0.0689. The highest BCUT2D eigenvalue weighted by Crippen LogP contribution is 2.26. The third kappa shape index (κ3) is 5.87. The van der Waals surface area contributed by atoms with Gasteiger partial charge in [0.15, 0.2) is 5.69 Å². The SMILES string of the molecule is COS(=O)(=O)OCCCNC(=O)c1ccc(-c2ccn(S(N)(=O)=O)c2C(=O)O)cc1. The molecule has 2 rings (SSSR count). The molecule has 1 aromatic heterocycles. The predicted octanol–water partition coefficient (Wildman–Crippen LogP) is -0.0674. The molecule has 12 nitrogen and oxygen atoms in total. The zero-order chi connectivity index (χ0) is 22.5. The fraction of sp³-hybridized carbons (Fsp3) is 0.250. The number of carbonyl (C=O) groups excluding carboxylic acids is 1. The molecule has 1 aromatic carbocycles. The summed E-state index contributed by atoms with van der Waals surface area (Å²) in [6.07, 6.45) is 1.25. The van der Waals surface area contributed by atoms with Crippen LogP contribution in [0.15, 0.2) is 36.5 Å². The Labute approximate surface area is 172 Å². The number of aromatic carboxylic acids is 1. The lowest BCUT2D eigenvalue weighted by Gasteiger charge is -2.08. The van der Waals surface area contributed by atoms with E-state index in [4.69, 9.17) is 5.14 Å². The van der Waals surface area contributed by atoms with Gasteiger partial charge in [-0.2, -0.15) is 16.8 Å². The number of hydrogen-bond donors (Lipinski definition) is 3. The largest absolute Gasteiger partial charge is 0.477 e. The minimum Gasteiger partial charge on any atom is -0.477 e. The van der Waals surface area contributed by atoms with E-state index in [0.29, 0.717) is 9.54 Å². The van der Waals surface area contributed by atoms with Crippen LogP contribution in [0.4, 0.5) is 0 Å². The molecule has 164 valence electrons. The monoisotopic (exact) mass is 461 g/mol. The number of benzene rings is 1. The van der Waals surface area contributed by atoms with Crippen molar-refractivity contribution in [2.75, 3.05) is 20.3 Å². The maximum atomic E-state index is 12.1. The third-order valence-corrected chi connectivity index (χ3v) is 5.54. The Kier molecular flexibility index (Phi) is 7.33. The van der Waals surface area contributed by atoms with Gasteiger partial charge in [0, 0.05) is 23.9 Å². The maximum absolute atomic E-state index is 12.1. The van der Waals surface area contributed by atoms with E-state index in [1.54, 1.807) is 0 Å². The van der Waals surface area contributed by atoms with Gasteiger partial charge in [0.25, 0.3) is 5.91 Å². The Morgan fingerprint density at radius 1 is 1.13 bits per heavy atom. The van der Waals surface area contributed by atoms with E-state index in [0.717, 1.165) is 13.3 Å². The summed E-state index contributed by atoms with van der Waals surface area (Å²) < 4.78 is 54.1. The topological polar surface area (TPSA) is 184 Å². The summed E-state index contributed by atoms with van der Waals surface area (Å²) >= 11 is 0. The fourth-order valence-electron chi connectivity index (χ4n) is 2.46. The Morgan fingerprint density at radius 3 is 2.30 bits per heavy atom. The molecule has 0 saturated heterocycles. The number of amides is 1. The second-order valence-electron chi connectivity index (χ2n) is 5.81. The molecule has 0 bridgehead atoms. The molecule has 4 N–H and O–H groups in total. The number of carboxylic acid groups (broad SMARTS) is 1. The van der Waals surface area contributed by atoms with Gasteiger partial charge in [0.05, 0.1) is 13.7 Å².